The van der Waals surface area contributed by atoms with Crippen molar-refractivity contribution in [3.8, 4) is 0 Å². The Morgan fingerprint density at radius 3 is 0.683 bits per heavy atom. The predicted molar refractivity (Wildman–Crippen MR) is 358 cm³/mol. The molecule has 0 spiro atoms. The summed E-state index contributed by atoms with van der Waals surface area (Å²) in [5.41, 5.74) is 0. The number of carbonyl (C=O) groups excluding carboxylic acids is 3. The molecule has 0 fully saturated rings. The molecule has 0 heterocycles. The lowest BCUT2D eigenvalue weighted by Crippen LogP contribution is -2.30. The molecule has 0 aromatic rings. The molecule has 0 aliphatic rings. The first-order valence-corrected chi connectivity index (χ1v) is 35.9. The van der Waals surface area contributed by atoms with Gasteiger partial charge in [0.2, 0.25) is 0 Å². The molecule has 0 aromatic carbocycles. The molecule has 6 nitrogen and oxygen atoms in total. The second-order valence-corrected chi connectivity index (χ2v) is 24.1. The minimum absolute atomic E-state index is 0.0723. The van der Waals surface area contributed by atoms with E-state index in [1.807, 2.05) is 0 Å². The van der Waals surface area contributed by atoms with Gasteiger partial charge in [-0.25, -0.2) is 0 Å². The number of rotatable bonds is 66. The van der Waals surface area contributed by atoms with E-state index in [1.165, 1.54) is 250 Å². The maximum absolute atomic E-state index is 12.9. The van der Waals surface area contributed by atoms with Crippen LogP contribution in [0.5, 0.6) is 0 Å². The summed E-state index contributed by atoms with van der Waals surface area (Å²) in [6.07, 6.45) is 92.6. The van der Waals surface area contributed by atoms with Gasteiger partial charge < -0.3 is 14.2 Å². The third-order valence-electron chi connectivity index (χ3n) is 15.9. The molecular formula is C76H136O6. The van der Waals surface area contributed by atoms with Crippen LogP contribution >= 0.6 is 0 Å². The fourth-order valence-electron chi connectivity index (χ4n) is 10.5. The minimum Gasteiger partial charge on any atom is -0.462 e. The van der Waals surface area contributed by atoms with Gasteiger partial charge in [-0.05, 0) is 96.3 Å². The van der Waals surface area contributed by atoms with Gasteiger partial charge in [-0.3, -0.25) is 14.4 Å². The average molecular weight is 1150 g/mol. The molecule has 0 saturated carbocycles. The number of allylic oxidation sites excluding steroid dienone is 12. The molecule has 82 heavy (non-hydrogen) atoms. The van der Waals surface area contributed by atoms with E-state index in [-0.39, 0.29) is 31.1 Å². The summed E-state index contributed by atoms with van der Waals surface area (Å²) in [5.74, 6) is -0.865. The van der Waals surface area contributed by atoms with Crippen molar-refractivity contribution in [1.29, 1.82) is 0 Å². The van der Waals surface area contributed by atoms with Crippen LogP contribution in [0.1, 0.15) is 374 Å². The third kappa shape index (κ3) is 67.6. The molecule has 0 bridgehead atoms. The van der Waals surface area contributed by atoms with Crippen LogP contribution in [0.3, 0.4) is 0 Å². The molecular weight excluding hydrogens is 1010 g/mol. The van der Waals surface area contributed by atoms with Crippen LogP contribution < -0.4 is 0 Å². The van der Waals surface area contributed by atoms with Gasteiger partial charge in [-0.15, -0.1) is 0 Å². The number of unbranched alkanes of at least 4 members (excludes halogenated alkanes) is 43. The van der Waals surface area contributed by atoms with Gasteiger partial charge in [0, 0.05) is 19.3 Å². The van der Waals surface area contributed by atoms with E-state index in [9.17, 15) is 14.4 Å². The molecule has 0 radical (unpaired) electrons. The van der Waals surface area contributed by atoms with Crippen molar-refractivity contribution in [2.75, 3.05) is 13.2 Å². The van der Waals surface area contributed by atoms with Crippen molar-refractivity contribution in [2.45, 2.75) is 380 Å². The first kappa shape index (κ1) is 78.8. The average Bonchev–Trinajstić information content (AvgIpc) is 3.47. The fraction of sp³-hybridized carbons (Fsp3) is 0.803. The van der Waals surface area contributed by atoms with Crippen LogP contribution in [0.4, 0.5) is 0 Å². The Labute approximate surface area is 510 Å². The molecule has 1 unspecified atom stereocenters. The van der Waals surface area contributed by atoms with Crippen molar-refractivity contribution in [3.05, 3.63) is 72.9 Å². The summed E-state index contributed by atoms with van der Waals surface area (Å²) < 4.78 is 16.9. The van der Waals surface area contributed by atoms with Gasteiger partial charge in [0.05, 0.1) is 0 Å². The first-order valence-electron chi connectivity index (χ1n) is 35.9. The molecule has 0 saturated heterocycles. The van der Waals surface area contributed by atoms with E-state index in [2.05, 4.69) is 93.7 Å². The molecule has 6 heteroatoms. The summed E-state index contributed by atoms with van der Waals surface area (Å²) in [6, 6.07) is 0. The molecule has 0 aliphatic carbocycles. The van der Waals surface area contributed by atoms with E-state index in [0.717, 1.165) is 83.5 Å². The largest absolute Gasteiger partial charge is 0.462 e. The molecule has 0 N–H and O–H groups in total. The number of esters is 3. The van der Waals surface area contributed by atoms with Gasteiger partial charge in [-0.2, -0.15) is 0 Å². The second kappa shape index (κ2) is 70.3. The Balaban J connectivity index is 4.01. The van der Waals surface area contributed by atoms with E-state index < -0.39 is 6.10 Å². The van der Waals surface area contributed by atoms with Crippen LogP contribution in [0.2, 0.25) is 0 Å². The van der Waals surface area contributed by atoms with Crippen LogP contribution in [0.25, 0.3) is 0 Å². The van der Waals surface area contributed by atoms with Crippen molar-refractivity contribution in [1.82, 2.24) is 0 Å². The molecule has 1 atom stereocenters. The summed E-state index contributed by atoms with van der Waals surface area (Å²) in [5, 5.41) is 0. The topological polar surface area (TPSA) is 78.9 Å². The lowest BCUT2D eigenvalue weighted by atomic mass is 10.0. The van der Waals surface area contributed by atoms with Gasteiger partial charge in [0.1, 0.15) is 13.2 Å². The number of ether oxygens (including phenoxy) is 3. The predicted octanol–water partition coefficient (Wildman–Crippen LogP) is 24.8. The minimum atomic E-state index is -0.773. The summed E-state index contributed by atoms with van der Waals surface area (Å²) in [7, 11) is 0. The number of hydrogen-bond acceptors (Lipinski definition) is 6. The standard InChI is InChI=1S/C76H136O6/c1-4-7-10-13-16-18-20-22-24-26-28-30-32-34-36-38-40-42-44-46-48-50-52-54-56-58-60-63-66-69-75(78)81-72-73(71-80-74(77)68-65-62-15-12-9-6-3)82-76(79)70-67-64-61-59-57-55-53-51-49-47-45-43-41-39-37-35-33-31-29-27-25-23-21-19-17-14-11-8-5-2/h20-23,26-29,32-35,73H,4-19,24-25,30-31,36-72H2,1-3H3/b22-20-,23-21-,28-26-,29-27-,34-32-,35-33-. The Morgan fingerprint density at radius 1 is 0.244 bits per heavy atom. The molecule has 476 valence electrons. The Hall–Kier alpha value is -3.15. The fourth-order valence-corrected chi connectivity index (χ4v) is 10.5. The summed E-state index contributed by atoms with van der Waals surface area (Å²) in [6.45, 7) is 6.60. The van der Waals surface area contributed by atoms with Crippen LogP contribution in [0.15, 0.2) is 72.9 Å². The highest BCUT2D eigenvalue weighted by atomic mass is 16.6. The van der Waals surface area contributed by atoms with E-state index in [1.54, 1.807) is 0 Å². The van der Waals surface area contributed by atoms with E-state index in [0.29, 0.717) is 19.3 Å². The van der Waals surface area contributed by atoms with Gasteiger partial charge in [0.25, 0.3) is 0 Å². The first-order chi connectivity index (χ1) is 40.5. The highest BCUT2D eigenvalue weighted by molar-refractivity contribution is 5.71. The lowest BCUT2D eigenvalue weighted by Gasteiger charge is -2.18. The van der Waals surface area contributed by atoms with Crippen molar-refractivity contribution >= 4 is 17.9 Å². The number of hydrogen-bond donors (Lipinski definition) is 0. The molecule has 0 aromatic heterocycles. The van der Waals surface area contributed by atoms with Gasteiger partial charge in [0.15, 0.2) is 6.10 Å². The lowest BCUT2D eigenvalue weighted by molar-refractivity contribution is -0.167. The van der Waals surface area contributed by atoms with Gasteiger partial charge in [-0.1, -0.05) is 331 Å². The SMILES string of the molecule is CCCCCCC/C=C\C/C=C\C/C=C\CCCCCCCCCCCCCCCCC(=O)OCC(COC(=O)CCCCCCCC)OC(=O)CCCCCCCCCCCCCCCC/C=C\C/C=C\C/C=C\CCCCCCC. The van der Waals surface area contributed by atoms with Gasteiger partial charge >= 0.3 is 17.9 Å². The quantitative estimate of drug-likeness (QED) is 0.0261. The Kier molecular flexibility index (Phi) is 67.6. The summed E-state index contributed by atoms with van der Waals surface area (Å²) >= 11 is 0. The normalized spacial score (nSPS) is 12.5. The smallest absolute Gasteiger partial charge is 0.306 e. The molecule has 0 amide bonds. The van der Waals surface area contributed by atoms with E-state index in [4.69, 9.17) is 14.2 Å². The van der Waals surface area contributed by atoms with E-state index >= 15 is 0 Å². The molecule has 0 rings (SSSR count). The highest BCUT2D eigenvalue weighted by Crippen LogP contribution is 2.18. The number of carbonyl (C=O) groups is 3. The third-order valence-corrected chi connectivity index (χ3v) is 15.9. The Morgan fingerprint density at radius 2 is 0.439 bits per heavy atom. The maximum Gasteiger partial charge on any atom is 0.306 e. The van der Waals surface area contributed by atoms with Crippen LogP contribution in [-0.4, -0.2) is 37.2 Å². The maximum atomic E-state index is 12.9. The summed E-state index contributed by atoms with van der Waals surface area (Å²) in [4.78, 5) is 38.1. The zero-order valence-electron chi connectivity index (χ0n) is 54.8. The monoisotopic (exact) mass is 1150 g/mol. The highest BCUT2D eigenvalue weighted by Gasteiger charge is 2.19. The zero-order valence-corrected chi connectivity index (χ0v) is 54.8. The second-order valence-electron chi connectivity index (χ2n) is 24.1. The van der Waals surface area contributed by atoms with Crippen LogP contribution in [0, 0.1) is 0 Å². The van der Waals surface area contributed by atoms with Crippen molar-refractivity contribution in [3.63, 3.8) is 0 Å². The Bertz CT molecular complexity index is 1500. The van der Waals surface area contributed by atoms with Crippen molar-refractivity contribution < 1.29 is 28.6 Å². The van der Waals surface area contributed by atoms with Crippen molar-refractivity contribution in [2.24, 2.45) is 0 Å². The van der Waals surface area contributed by atoms with Crippen LogP contribution in [-0.2, 0) is 28.6 Å². The molecule has 0 aliphatic heterocycles. The zero-order chi connectivity index (χ0) is 59.2.